The van der Waals surface area contributed by atoms with Gasteiger partial charge in [0, 0.05) is 13.1 Å². The molecule has 0 aromatic heterocycles. The fraction of sp³-hybridized carbons (Fsp3) is 0.571. The van der Waals surface area contributed by atoms with Crippen LogP contribution in [0.5, 0.6) is 5.75 Å². The molecule has 9 heteroatoms. The van der Waals surface area contributed by atoms with Gasteiger partial charge in [-0.15, -0.1) is 13.2 Å². The second kappa shape index (κ2) is 7.02. The minimum Gasteiger partial charge on any atom is -0.406 e. The van der Waals surface area contributed by atoms with Crippen LogP contribution in [0, 0.1) is 0 Å². The van der Waals surface area contributed by atoms with Crippen LogP contribution in [0.2, 0.25) is 0 Å². The number of hydrogen-bond acceptors (Lipinski definition) is 6. The number of nitrogens with zero attached hydrogens (tertiary/aromatic N) is 1. The molecule has 0 spiro atoms. The Balaban J connectivity index is 2.05. The maximum Gasteiger partial charge on any atom is 0.573 e. The van der Waals surface area contributed by atoms with E-state index in [0.29, 0.717) is 5.56 Å². The topological polar surface area (TPSA) is 93.4 Å². The lowest BCUT2D eigenvalue weighted by Gasteiger charge is -2.43. The normalized spacial score (nSPS) is 29.5. The lowest BCUT2D eigenvalue weighted by molar-refractivity contribution is -0.274. The highest BCUT2D eigenvalue weighted by molar-refractivity contribution is 5.27. The van der Waals surface area contributed by atoms with Gasteiger partial charge >= 0.3 is 6.36 Å². The molecule has 1 aliphatic rings. The minimum atomic E-state index is -4.76. The summed E-state index contributed by atoms with van der Waals surface area (Å²) in [7, 11) is 0. The summed E-state index contributed by atoms with van der Waals surface area (Å²) >= 11 is 0. The Morgan fingerprint density at radius 1 is 1.09 bits per heavy atom. The largest absolute Gasteiger partial charge is 0.573 e. The van der Waals surface area contributed by atoms with E-state index in [-0.39, 0.29) is 18.8 Å². The number of alkyl halides is 3. The van der Waals surface area contributed by atoms with Gasteiger partial charge in [-0.3, -0.25) is 4.90 Å². The average molecular weight is 337 g/mol. The van der Waals surface area contributed by atoms with Crippen LogP contribution in [-0.2, 0) is 6.54 Å². The molecule has 0 saturated carbocycles. The van der Waals surface area contributed by atoms with Crippen molar-refractivity contribution in [3.8, 4) is 5.75 Å². The van der Waals surface area contributed by atoms with Gasteiger partial charge < -0.3 is 25.2 Å². The molecule has 1 heterocycles. The Morgan fingerprint density at radius 2 is 1.70 bits per heavy atom. The van der Waals surface area contributed by atoms with Gasteiger partial charge in [-0.2, -0.15) is 0 Å². The lowest BCUT2D eigenvalue weighted by atomic mass is 9.94. The number of likely N-dealkylation sites (tertiary alicyclic amines) is 1. The predicted octanol–water partition coefficient (Wildman–Crippen LogP) is -0.156. The van der Waals surface area contributed by atoms with Crippen molar-refractivity contribution in [3.05, 3.63) is 29.8 Å². The van der Waals surface area contributed by atoms with Crippen LogP contribution in [0.3, 0.4) is 0 Å². The number of hydrogen-bond donors (Lipinski definition) is 4. The van der Waals surface area contributed by atoms with Gasteiger partial charge in [0.05, 0.1) is 18.8 Å². The SMILES string of the molecule is OC[C@@H]1[C@@H](O)[C@H](O)[C@@H](O)CN1Cc1ccc(OC(F)(F)F)cc1. The lowest BCUT2D eigenvalue weighted by Crippen LogP contribution is -2.62. The molecular weight excluding hydrogens is 319 g/mol. The van der Waals surface area contributed by atoms with Crippen LogP contribution in [-0.4, -0.2) is 69.2 Å². The highest BCUT2D eigenvalue weighted by Gasteiger charge is 2.40. The van der Waals surface area contributed by atoms with Crippen LogP contribution < -0.4 is 4.74 Å². The Bertz CT molecular complexity index is 510. The second-order valence-corrected chi connectivity index (χ2v) is 5.42. The van der Waals surface area contributed by atoms with Gasteiger partial charge in [0.1, 0.15) is 18.0 Å². The zero-order chi connectivity index (χ0) is 17.2. The standard InChI is InChI=1S/C14H18F3NO5/c15-14(16,17)23-9-3-1-8(2-4-9)5-18-6-11(20)13(22)12(21)10(18)7-19/h1-4,10-13,19-22H,5-7H2/t10-,11+,12-,13-/m1/s1. The zero-order valence-electron chi connectivity index (χ0n) is 12.0. The number of β-amino-alcohol motifs (C(OH)–C–C–N with tert-alkyl or cyclic N) is 1. The van der Waals surface area contributed by atoms with E-state index in [1.54, 1.807) is 4.90 Å². The average Bonchev–Trinajstić information content (AvgIpc) is 2.46. The van der Waals surface area contributed by atoms with E-state index >= 15 is 0 Å². The number of rotatable bonds is 4. The second-order valence-electron chi connectivity index (χ2n) is 5.42. The van der Waals surface area contributed by atoms with Crippen molar-refractivity contribution in [2.24, 2.45) is 0 Å². The highest BCUT2D eigenvalue weighted by atomic mass is 19.4. The van der Waals surface area contributed by atoms with E-state index in [4.69, 9.17) is 0 Å². The molecule has 0 bridgehead atoms. The Hall–Kier alpha value is -1.39. The van der Waals surface area contributed by atoms with Crippen molar-refractivity contribution < 1.29 is 38.3 Å². The summed E-state index contributed by atoms with van der Waals surface area (Å²) < 4.78 is 40.1. The van der Waals surface area contributed by atoms with Crippen molar-refractivity contribution >= 4 is 0 Å². The molecule has 4 N–H and O–H groups in total. The van der Waals surface area contributed by atoms with E-state index in [1.165, 1.54) is 12.1 Å². The van der Waals surface area contributed by atoms with Gasteiger partial charge in [-0.1, -0.05) is 12.1 Å². The maximum absolute atomic E-state index is 12.1. The third-order valence-electron chi connectivity index (χ3n) is 3.76. The molecule has 4 atom stereocenters. The summed E-state index contributed by atoms with van der Waals surface area (Å²) in [5.41, 5.74) is 0.605. The monoisotopic (exact) mass is 337 g/mol. The highest BCUT2D eigenvalue weighted by Crippen LogP contribution is 2.25. The zero-order valence-corrected chi connectivity index (χ0v) is 12.0. The summed E-state index contributed by atoms with van der Waals surface area (Å²) in [5.74, 6) is -0.353. The van der Waals surface area contributed by atoms with Crippen LogP contribution in [0.1, 0.15) is 5.56 Å². The molecule has 1 fully saturated rings. The molecule has 0 unspecified atom stereocenters. The fourth-order valence-electron chi connectivity index (χ4n) is 2.59. The first-order valence-corrected chi connectivity index (χ1v) is 6.95. The summed E-state index contributed by atoms with van der Waals surface area (Å²) in [6.45, 7) is -0.233. The summed E-state index contributed by atoms with van der Waals surface area (Å²) in [4.78, 5) is 1.56. The number of halogens is 3. The third kappa shape index (κ3) is 4.55. The van der Waals surface area contributed by atoms with E-state index in [2.05, 4.69) is 4.74 Å². The number of benzene rings is 1. The first kappa shape index (κ1) is 18.0. The van der Waals surface area contributed by atoms with Gasteiger partial charge in [-0.25, -0.2) is 0 Å². The van der Waals surface area contributed by atoms with Crippen LogP contribution in [0.4, 0.5) is 13.2 Å². The van der Waals surface area contributed by atoms with Crippen LogP contribution in [0.25, 0.3) is 0 Å². The predicted molar refractivity (Wildman–Crippen MR) is 72.4 cm³/mol. The minimum absolute atomic E-state index is 0.0181. The van der Waals surface area contributed by atoms with Crippen molar-refractivity contribution in [1.82, 2.24) is 4.90 Å². The van der Waals surface area contributed by atoms with Crippen molar-refractivity contribution in [2.75, 3.05) is 13.2 Å². The fourth-order valence-corrected chi connectivity index (χ4v) is 2.59. The first-order valence-electron chi connectivity index (χ1n) is 6.95. The Kier molecular flexibility index (Phi) is 5.48. The molecule has 130 valence electrons. The van der Waals surface area contributed by atoms with Crippen molar-refractivity contribution in [3.63, 3.8) is 0 Å². The van der Waals surface area contributed by atoms with E-state index in [9.17, 15) is 33.6 Å². The smallest absolute Gasteiger partial charge is 0.406 e. The molecule has 0 amide bonds. The van der Waals surface area contributed by atoms with E-state index < -0.39 is 37.3 Å². The van der Waals surface area contributed by atoms with E-state index in [0.717, 1.165) is 12.1 Å². The molecule has 1 aromatic carbocycles. The van der Waals surface area contributed by atoms with Crippen molar-refractivity contribution in [2.45, 2.75) is 37.3 Å². The number of aliphatic hydroxyl groups excluding tert-OH is 4. The molecule has 1 aromatic rings. The number of piperidine rings is 1. The third-order valence-corrected chi connectivity index (χ3v) is 3.76. The van der Waals surface area contributed by atoms with Crippen LogP contribution in [0.15, 0.2) is 24.3 Å². The molecule has 2 rings (SSSR count). The summed E-state index contributed by atoms with van der Waals surface area (Å²) in [6, 6.07) is 4.36. The molecule has 6 nitrogen and oxygen atoms in total. The quantitative estimate of drug-likeness (QED) is 0.610. The van der Waals surface area contributed by atoms with Crippen molar-refractivity contribution in [1.29, 1.82) is 0 Å². The summed E-state index contributed by atoms with van der Waals surface area (Å²) in [6.07, 6.45) is -8.62. The Labute approximate surface area is 130 Å². The van der Waals surface area contributed by atoms with Gasteiger partial charge in [-0.05, 0) is 17.7 Å². The summed E-state index contributed by atoms with van der Waals surface area (Å²) in [5, 5.41) is 38.5. The molecular formula is C14H18F3NO5. The van der Waals surface area contributed by atoms with Gasteiger partial charge in [0.15, 0.2) is 0 Å². The molecule has 0 radical (unpaired) electrons. The molecule has 1 saturated heterocycles. The first-order chi connectivity index (χ1) is 10.7. The van der Waals surface area contributed by atoms with Crippen LogP contribution >= 0.6 is 0 Å². The maximum atomic E-state index is 12.1. The molecule has 1 aliphatic heterocycles. The number of aliphatic hydroxyl groups is 4. The molecule has 23 heavy (non-hydrogen) atoms. The van der Waals surface area contributed by atoms with Gasteiger partial charge in [0.2, 0.25) is 0 Å². The Morgan fingerprint density at radius 3 is 2.22 bits per heavy atom. The van der Waals surface area contributed by atoms with Gasteiger partial charge in [0.25, 0.3) is 0 Å². The molecule has 0 aliphatic carbocycles. The number of ether oxygens (including phenoxy) is 1. The van der Waals surface area contributed by atoms with E-state index in [1.807, 2.05) is 0 Å².